The highest BCUT2D eigenvalue weighted by Gasteiger charge is 2.25. The predicted octanol–water partition coefficient (Wildman–Crippen LogP) is 2.64. The molecule has 0 unspecified atom stereocenters. The van der Waals surface area contributed by atoms with E-state index in [2.05, 4.69) is 0 Å². The normalized spacial score (nSPS) is 13.4. The maximum absolute atomic E-state index is 12.4. The molecule has 2 aromatic rings. The van der Waals surface area contributed by atoms with Crippen LogP contribution in [0.1, 0.15) is 11.1 Å². The van der Waals surface area contributed by atoms with Crippen molar-refractivity contribution in [3.05, 3.63) is 53.6 Å². The molecular formula is C17H17N3O3S. The lowest BCUT2D eigenvalue weighted by atomic mass is 10.1. The van der Waals surface area contributed by atoms with Crippen molar-refractivity contribution >= 4 is 39.6 Å². The molecule has 7 heteroatoms. The van der Waals surface area contributed by atoms with Crippen LogP contribution in [0.15, 0.2) is 47.4 Å². The van der Waals surface area contributed by atoms with Crippen molar-refractivity contribution < 1.29 is 13.2 Å². The lowest BCUT2D eigenvalue weighted by Crippen LogP contribution is -2.32. The second-order valence-corrected chi connectivity index (χ2v) is 7.73. The first-order valence-corrected chi connectivity index (χ1v) is 8.69. The number of benzene rings is 2. The van der Waals surface area contributed by atoms with E-state index < -0.39 is 16.1 Å². The van der Waals surface area contributed by atoms with Crippen LogP contribution in [-0.4, -0.2) is 32.8 Å². The number of nitrogens with two attached hydrogens (primary N) is 1. The molecule has 3 rings (SSSR count). The van der Waals surface area contributed by atoms with Gasteiger partial charge in [0, 0.05) is 14.1 Å². The Morgan fingerprint density at radius 3 is 2.25 bits per heavy atom. The first-order valence-electron chi connectivity index (χ1n) is 7.25. The van der Waals surface area contributed by atoms with E-state index in [0.717, 1.165) is 9.87 Å². The number of amides is 2. The Labute approximate surface area is 140 Å². The van der Waals surface area contributed by atoms with Crippen molar-refractivity contribution in [2.24, 2.45) is 5.73 Å². The quantitative estimate of drug-likeness (QED) is 0.910. The molecule has 0 saturated carbocycles. The number of primary amides is 1. The Morgan fingerprint density at radius 1 is 1.00 bits per heavy atom. The summed E-state index contributed by atoms with van der Waals surface area (Å²) in [7, 11) is -0.698. The zero-order chi connectivity index (χ0) is 17.5. The van der Waals surface area contributed by atoms with Gasteiger partial charge in [-0.15, -0.1) is 0 Å². The van der Waals surface area contributed by atoms with E-state index >= 15 is 0 Å². The Morgan fingerprint density at radius 2 is 1.62 bits per heavy atom. The SMILES string of the molecule is CN(C)S(=O)(=O)c1ccc2c(c1)N(C(N)=O)c1ccccc1C=C2. The molecule has 0 aromatic heterocycles. The number of hydrogen-bond acceptors (Lipinski definition) is 3. The maximum Gasteiger partial charge on any atom is 0.323 e. The molecule has 0 radical (unpaired) electrons. The fourth-order valence-corrected chi connectivity index (χ4v) is 3.53. The summed E-state index contributed by atoms with van der Waals surface area (Å²) in [4.78, 5) is 13.5. The van der Waals surface area contributed by atoms with E-state index in [-0.39, 0.29) is 4.90 Å². The van der Waals surface area contributed by atoms with Gasteiger partial charge in [-0.2, -0.15) is 0 Å². The van der Waals surface area contributed by atoms with Crippen LogP contribution in [0.5, 0.6) is 0 Å². The Bertz CT molecular complexity index is 949. The third-order valence-electron chi connectivity index (χ3n) is 3.86. The minimum atomic E-state index is -3.62. The molecule has 1 heterocycles. The van der Waals surface area contributed by atoms with Crippen molar-refractivity contribution in [1.29, 1.82) is 0 Å². The van der Waals surface area contributed by atoms with Gasteiger partial charge in [0.05, 0.1) is 16.3 Å². The Balaban J connectivity index is 2.27. The fourth-order valence-electron chi connectivity index (χ4n) is 2.61. The topological polar surface area (TPSA) is 83.7 Å². The summed E-state index contributed by atoms with van der Waals surface area (Å²) in [5, 5.41) is 0. The van der Waals surface area contributed by atoms with Crippen molar-refractivity contribution in [2.45, 2.75) is 4.90 Å². The molecule has 0 saturated heterocycles. The van der Waals surface area contributed by atoms with Crippen LogP contribution >= 0.6 is 0 Å². The van der Waals surface area contributed by atoms with E-state index in [1.54, 1.807) is 18.2 Å². The number of para-hydroxylation sites is 1. The van der Waals surface area contributed by atoms with Crippen molar-refractivity contribution in [3.63, 3.8) is 0 Å². The van der Waals surface area contributed by atoms with E-state index in [1.807, 2.05) is 24.3 Å². The molecule has 0 atom stereocenters. The minimum Gasteiger partial charge on any atom is -0.351 e. The monoisotopic (exact) mass is 343 g/mol. The van der Waals surface area contributed by atoms with Gasteiger partial charge in [-0.25, -0.2) is 17.5 Å². The third kappa shape index (κ3) is 2.57. The Hall–Kier alpha value is -2.64. The average Bonchev–Trinajstić information content (AvgIpc) is 2.70. The summed E-state index contributed by atoms with van der Waals surface area (Å²) in [5.74, 6) is 0. The van der Waals surface area contributed by atoms with Gasteiger partial charge in [-0.1, -0.05) is 36.4 Å². The fraction of sp³-hybridized carbons (Fsp3) is 0.118. The van der Waals surface area contributed by atoms with Gasteiger partial charge >= 0.3 is 6.03 Å². The molecular weight excluding hydrogens is 326 g/mol. The molecule has 1 aliphatic heterocycles. The van der Waals surface area contributed by atoms with Crippen molar-refractivity contribution in [2.75, 3.05) is 19.0 Å². The summed E-state index contributed by atoms with van der Waals surface area (Å²) in [5.41, 5.74) is 8.17. The van der Waals surface area contributed by atoms with Gasteiger partial charge in [-0.05, 0) is 29.3 Å². The van der Waals surface area contributed by atoms with Crippen LogP contribution in [0.4, 0.5) is 16.2 Å². The predicted molar refractivity (Wildman–Crippen MR) is 94.4 cm³/mol. The van der Waals surface area contributed by atoms with Gasteiger partial charge in [0.2, 0.25) is 10.0 Å². The number of carbonyl (C=O) groups excluding carboxylic acids is 1. The molecule has 6 nitrogen and oxygen atoms in total. The number of urea groups is 1. The van der Waals surface area contributed by atoms with E-state index in [0.29, 0.717) is 16.9 Å². The zero-order valence-electron chi connectivity index (χ0n) is 13.3. The highest BCUT2D eigenvalue weighted by molar-refractivity contribution is 7.89. The third-order valence-corrected chi connectivity index (χ3v) is 5.67. The first kappa shape index (κ1) is 16.2. The summed E-state index contributed by atoms with van der Waals surface area (Å²) in [6.45, 7) is 0. The lowest BCUT2D eigenvalue weighted by Gasteiger charge is -2.23. The number of sulfonamides is 1. The number of anilines is 2. The lowest BCUT2D eigenvalue weighted by molar-refractivity contribution is 0.256. The summed E-state index contributed by atoms with van der Waals surface area (Å²) in [6, 6.07) is 11.3. The zero-order valence-corrected chi connectivity index (χ0v) is 14.1. The number of fused-ring (bicyclic) bond motifs is 2. The number of hydrogen-bond donors (Lipinski definition) is 1. The minimum absolute atomic E-state index is 0.102. The highest BCUT2D eigenvalue weighted by Crippen LogP contribution is 2.37. The number of nitrogens with zero attached hydrogens (tertiary/aromatic N) is 2. The smallest absolute Gasteiger partial charge is 0.323 e. The van der Waals surface area contributed by atoms with Crippen LogP contribution in [0.2, 0.25) is 0 Å². The molecule has 124 valence electrons. The van der Waals surface area contributed by atoms with Gasteiger partial charge in [-0.3, -0.25) is 4.90 Å². The number of rotatable bonds is 2. The standard InChI is InChI=1S/C17H17N3O3S/c1-19(2)24(22,23)14-10-9-13-8-7-12-5-3-4-6-15(12)20(17(18)21)16(13)11-14/h3-11H,1-2H3,(H2,18,21). The van der Waals surface area contributed by atoms with Crippen molar-refractivity contribution in [3.8, 4) is 0 Å². The summed E-state index contributed by atoms with van der Waals surface area (Å²) in [6.07, 6.45) is 3.71. The average molecular weight is 343 g/mol. The molecule has 2 amide bonds. The van der Waals surface area contributed by atoms with Crippen LogP contribution in [0.3, 0.4) is 0 Å². The van der Waals surface area contributed by atoms with Gasteiger partial charge in [0.15, 0.2) is 0 Å². The van der Waals surface area contributed by atoms with Crippen LogP contribution in [0.25, 0.3) is 12.2 Å². The molecule has 0 fully saturated rings. The maximum atomic E-state index is 12.4. The van der Waals surface area contributed by atoms with Gasteiger partial charge < -0.3 is 5.73 Å². The van der Waals surface area contributed by atoms with Gasteiger partial charge in [0.1, 0.15) is 0 Å². The molecule has 2 N–H and O–H groups in total. The first-order chi connectivity index (χ1) is 11.3. The van der Waals surface area contributed by atoms with Gasteiger partial charge in [0.25, 0.3) is 0 Å². The second-order valence-electron chi connectivity index (χ2n) is 5.57. The van der Waals surface area contributed by atoms with Crippen LogP contribution in [0, 0.1) is 0 Å². The largest absolute Gasteiger partial charge is 0.351 e. The van der Waals surface area contributed by atoms with E-state index in [9.17, 15) is 13.2 Å². The highest BCUT2D eigenvalue weighted by atomic mass is 32.2. The van der Waals surface area contributed by atoms with Crippen molar-refractivity contribution in [1.82, 2.24) is 4.31 Å². The second kappa shape index (κ2) is 5.77. The molecule has 0 bridgehead atoms. The summed E-state index contributed by atoms with van der Waals surface area (Å²) >= 11 is 0. The molecule has 0 aliphatic carbocycles. The molecule has 24 heavy (non-hydrogen) atoms. The Kier molecular flexibility index (Phi) is 3.90. The van der Waals surface area contributed by atoms with Crippen LogP contribution < -0.4 is 10.6 Å². The summed E-state index contributed by atoms with van der Waals surface area (Å²) < 4.78 is 25.9. The number of carbonyl (C=O) groups is 1. The molecule has 2 aromatic carbocycles. The molecule has 0 spiro atoms. The van der Waals surface area contributed by atoms with E-state index in [4.69, 9.17) is 5.73 Å². The van der Waals surface area contributed by atoms with E-state index in [1.165, 1.54) is 31.1 Å². The molecule has 1 aliphatic rings. The van der Waals surface area contributed by atoms with Crippen LogP contribution in [-0.2, 0) is 10.0 Å².